The van der Waals surface area contributed by atoms with Gasteiger partial charge < -0.3 is 5.73 Å². The van der Waals surface area contributed by atoms with E-state index in [0.717, 1.165) is 17.6 Å². The first kappa shape index (κ1) is 10.9. The van der Waals surface area contributed by atoms with Crippen LogP contribution in [0.25, 0.3) is 11.2 Å². The summed E-state index contributed by atoms with van der Waals surface area (Å²) in [7, 11) is 0. The van der Waals surface area contributed by atoms with Crippen molar-refractivity contribution in [3.05, 3.63) is 18.3 Å². The number of hydrogen-bond acceptors (Lipinski definition) is 3. The molecular formula is C12H18N4. The van der Waals surface area contributed by atoms with Gasteiger partial charge >= 0.3 is 0 Å². The molecule has 86 valence electrons. The third-order valence-electron chi connectivity index (χ3n) is 2.89. The Morgan fingerprint density at radius 1 is 1.50 bits per heavy atom. The summed E-state index contributed by atoms with van der Waals surface area (Å²) in [6.45, 7) is 4.36. The number of nitrogen functional groups attached to an aromatic ring is 1. The van der Waals surface area contributed by atoms with Crippen LogP contribution in [0.5, 0.6) is 0 Å². The van der Waals surface area contributed by atoms with Crippen molar-refractivity contribution in [2.24, 2.45) is 0 Å². The molecule has 2 N–H and O–H groups in total. The molecule has 0 aliphatic carbocycles. The molecule has 1 unspecified atom stereocenters. The van der Waals surface area contributed by atoms with E-state index in [9.17, 15) is 0 Å². The Labute approximate surface area is 95.5 Å². The summed E-state index contributed by atoms with van der Waals surface area (Å²) in [5.74, 6) is 0.567. The van der Waals surface area contributed by atoms with Crippen LogP contribution in [0.15, 0.2) is 18.3 Å². The zero-order valence-corrected chi connectivity index (χ0v) is 9.85. The number of aromatic nitrogens is 3. The van der Waals surface area contributed by atoms with Gasteiger partial charge in [0.15, 0.2) is 5.65 Å². The quantitative estimate of drug-likeness (QED) is 0.858. The minimum Gasteiger partial charge on any atom is -0.369 e. The van der Waals surface area contributed by atoms with Crippen LogP contribution in [0.2, 0.25) is 0 Å². The van der Waals surface area contributed by atoms with Gasteiger partial charge in [-0.2, -0.15) is 0 Å². The van der Waals surface area contributed by atoms with Crippen molar-refractivity contribution in [3.63, 3.8) is 0 Å². The molecule has 0 bridgehead atoms. The maximum Gasteiger partial charge on any atom is 0.202 e. The van der Waals surface area contributed by atoms with Gasteiger partial charge in [-0.15, -0.1) is 0 Å². The van der Waals surface area contributed by atoms with Crippen molar-refractivity contribution in [1.29, 1.82) is 0 Å². The molecule has 2 aromatic heterocycles. The number of nitrogens with two attached hydrogens (primary N) is 1. The van der Waals surface area contributed by atoms with E-state index in [1.54, 1.807) is 6.20 Å². The number of rotatable bonds is 4. The molecule has 1 atom stereocenters. The molecule has 0 aliphatic rings. The predicted octanol–water partition coefficient (Wildman–Crippen LogP) is 2.76. The molecule has 4 nitrogen and oxygen atoms in total. The highest BCUT2D eigenvalue weighted by Crippen LogP contribution is 2.23. The molecule has 2 heterocycles. The first-order valence-electron chi connectivity index (χ1n) is 5.82. The lowest BCUT2D eigenvalue weighted by molar-refractivity contribution is 0.499. The van der Waals surface area contributed by atoms with E-state index in [4.69, 9.17) is 5.73 Å². The summed E-state index contributed by atoms with van der Waals surface area (Å²) in [4.78, 5) is 8.67. The second-order valence-electron chi connectivity index (χ2n) is 4.18. The Kier molecular flexibility index (Phi) is 3.08. The first-order chi connectivity index (χ1) is 7.74. The molecule has 2 rings (SSSR count). The molecule has 0 fully saturated rings. The minimum atomic E-state index is 0.361. The fraction of sp³-hybridized carbons (Fsp3) is 0.500. The number of imidazole rings is 1. The summed E-state index contributed by atoms with van der Waals surface area (Å²) >= 11 is 0. The highest BCUT2D eigenvalue weighted by molar-refractivity contribution is 5.73. The average Bonchev–Trinajstić information content (AvgIpc) is 2.62. The van der Waals surface area contributed by atoms with Gasteiger partial charge in [-0.1, -0.05) is 19.8 Å². The summed E-state index contributed by atoms with van der Waals surface area (Å²) < 4.78 is 2.03. The van der Waals surface area contributed by atoms with E-state index in [1.165, 1.54) is 12.8 Å². The van der Waals surface area contributed by atoms with Crippen LogP contribution in [0.1, 0.15) is 39.2 Å². The van der Waals surface area contributed by atoms with Gasteiger partial charge in [0.1, 0.15) is 5.52 Å². The standard InChI is InChI=1S/C12H18N4/c1-3-4-6-9(2)16-11-10(15-12(16)13)7-5-8-14-11/h5,7-9H,3-4,6H2,1-2H3,(H2,13,15). The van der Waals surface area contributed by atoms with Gasteiger partial charge in [0.05, 0.1) is 0 Å². The van der Waals surface area contributed by atoms with Crippen LogP contribution < -0.4 is 5.73 Å². The fourth-order valence-electron chi connectivity index (χ4n) is 2.01. The van der Waals surface area contributed by atoms with E-state index < -0.39 is 0 Å². The summed E-state index contributed by atoms with van der Waals surface area (Å²) in [6.07, 6.45) is 5.30. The van der Waals surface area contributed by atoms with Crippen molar-refractivity contribution < 1.29 is 0 Å². The molecule has 0 saturated carbocycles. The van der Waals surface area contributed by atoms with Crippen molar-refractivity contribution in [2.75, 3.05) is 5.73 Å². The number of fused-ring (bicyclic) bond motifs is 1. The highest BCUT2D eigenvalue weighted by atomic mass is 15.2. The Bertz CT molecular complexity index is 475. The number of anilines is 1. The molecule has 4 heteroatoms. The number of unbranched alkanes of at least 4 members (excludes halogenated alkanes) is 1. The largest absolute Gasteiger partial charge is 0.369 e. The summed E-state index contributed by atoms with van der Waals surface area (Å²) in [5.41, 5.74) is 7.71. The van der Waals surface area contributed by atoms with Crippen molar-refractivity contribution >= 4 is 17.1 Å². The summed E-state index contributed by atoms with van der Waals surface area (Å²) in [5, 5.41) is 0. The van der Waals surface area contributed by atoms with Crippen LogP contribution in [0.3, 0.4) is 0 Å². The Morgan fingerprint density at radius 2 is 2.31 bits per heavy atom. The molecule has 16 heavy (non-hydrogen) atoms. The highest BCUT2D eigenvalue weighted by Gasteiger charge is 2.13. The van der Waals surface area contributed by atoms with Crippen LogP contribution in [-0.2, 0) is 0 Å². The molecule has 0 aliphatic heterocycles. The monoisotopic (exact) mass is 218 g/mol. The zero-order chi connectivity index (χ0) is 11.5. The molecule has 0 saturated heterocycles. The van der Waals surface area contributed by atoms with Gasteiger partial charge in [-0.05, 0) is 25.5 Å². The van der Waals surface area contributed by atoms with Crippen LogP contribution in [0, 0.1) is 0 Å². The lowest BCUT2D eigenvalue weighted by Crippen LogP contribution is -2.09. The van der Waals surface area contributed by atoms with Gasteiger partial charge in [0, 0.05) is 12.2 Å². The van der Waals surface area contributed by atoms with Crippen LogP contribution >= 0.6 is 0 Å². The SMILES string of the molecule is CCCCC(C)n1c(N)nc2cccnc21. The van der Waals surface area contributed by atoms with Crippen LogP contribution in [-0.4, -0.2) is 14.5 Å². The Morgan fingerprint density at radius 3 is 3.06 bits per heavy atom. The van der Waals surface area contributed by atoms with E-state index >= 15 is 0 Å². The van der Waals surface area contributed by atoms with Crippen molar-refractivity contribution in [2.45, 2.75) is 39.2 Å². The van der Waals surface area contributed by atoms with E-state index in [2.05, 4.69) is 23.8 Å². The second-order valence-corrected chi connectivity index (χ2v) is 4.18. The lowest BCUT2D eigenvalue weighted by atomic mass is 10.1. The molecular weight excluding hydrogens is 200 g/mol. The normalized spacial score (nSPS) is 13.1. The van der Waals surface area contributed by atoms with Gasteiger partial charge in [0.2, 0.25) is 5.95 Å². The maximum absolute atomic E-state index is 5.94. The topological polar surface area (TPSA) is 56.7 Å². The number of pyridine rings is 1. The maximum atomic E-state index is 5.94. The Hall–Kier alpha value is -1.58. The number of hydrogen-bond donors (Lipinski definition) is 1. The average molecular weight is 218 g/mol. The fourth-order valence-corrected chi connectivity index (χ4v) is 2.01. The van der Waals surface area contributed by atoms with E-state index in [1.807, 2.05) is 16.7 Å². The van der Waals surface area contributed by atoms with E-state index in [0.29, 0.717) is 12.0 Å². The van der Waals surface area contributed by atoms with Gasteiger partial charge in [-0.25, -0.2) is 9.97 Å². The third kappa shape index (κ3) is 1.87. The van der Waals surface area contributed by atoms with Crippen molar-refractivity contribution in [1.82, 2.24) is 14.5 Å². The second kappa shape index (κ2) is 4.51. The third-order valence-corrected chi connectivity index (χ3v) is 2.89. The summed E-state index contributed by atoms with van der Waals surface area (Å²) in [6, 6.07) is 4.19. The van der Waals surface area contributed by atoms with Gasteiger partial charge in [-0.3, -0.25) is 4.57 Å². The molecule has 0 amide bonds. The number of nitrogens with zero attached hydrogens (tertiary/aromatic N) is 3. The van der Waals surface area contributed by atoms with E-state index in [-0.39, 0.29) is 0 Å². The molecule has 0 radical (unpaired) electrons. The predicted molar refractivity (Wildman–Crippen MR) is 66.2 cm³/mol. The molecule has 0 spiro atoms. The molecule has 0 aromatic carbocycles. The lowest BCUT2D eigenvalue weighted by Gasteiger charge is -2.14. The smallest absolute Gasteiger partial charge is 0.202 e. The Balaban J connectivity index is 2.38. The first-order valence-corrected chi connectivity index (χ1v) is 5.82. The van der Waals surface area contributed by atoms with Crippen molar-refractivity contribution in [3.8, 4) is 0 Å². The van der Waals surface area contributed by atoms with Crippen LogP contribution in [0.4, 0.5) is 5.95 Å². The minimum absolute atomic E-state index is 0.361. The molecule has 2 aromatic rings. The van der Waals surface area contributed by atoms with Gasteiger partial charge in [0.25, 0.3) is 0 Å². The zero-order valence-electron chi connectivity index (χ0n) is 9.85.